The number of aryl methyl sites for hydroxylation is 1. The predicted octanol–water partition coefficient (Wildman–Crippen LogP) is 3.74. The van der Waals surface area contributed by atoms with Gasteiger partial charge in [-0.25, -0.2) is 4.98 Å². The Balaban J connectivity index is 2.04. The highest BCUT2D eigenvalue weighted by molar-refractivity contribution is 6.35. The molecular formula is C11H9Cl2N3O. The fourth-order valence-corrected chi connectivity index (χ4v) is 1.60. The van der Waals surface area contributed by atoms with E-state index < -0.39 is 0 Å². The van der Waals surface area contributed by atoms with Gasteiger partial charge in [-0.05, 0) is 25.1 Å². The first-order chi connectivity index (χ1) is 8.15. The third-order valence-electron chi connectivity index (χ3n) is 1.93. The molecule has 0 bridgehead atoms. The largest absolute Gasteiger partial charge is 0.460 e. The minimum Gasteiger partial charge on any atom is -0.460 e. The van der Waals surface area contributed by atoms with Crippen LogP contribution in [0, 0.1) is 6.92 Å². The van der Waals surface area contributed by atoms with Crippen molar-refractivity contribution in [3.05, 3.63) is 46.0 Å². The lowest BCUT2D eigenvalue weighted by atomic mass is 10.4. The molecule has 0 atom stereocenters. The minimum absolute atomic E-state index is 0.408. The smallest absolute Gasteiger partial charge is 0.165 e. The Bertz CT molecular complexity index is 551. The molecule has 2 aromatic heterocycles. The van der Waals surface area contributed by atoms with E-state index in [1.807, 2.05) is 19.1 Å². The fourth-order valence-electron chi connectivity index (χ4n) is 1.18. The molecule has 0 amide bonds. The second-order valence-corrected chi connectivity index (χ2v) is 4.15. The number of hydrogen-bond donors (Lipinski definition) is 1. The molecule has 0 aliphatic rings. The van der Waals surface area contributed by atoms with Gasteiger partial charge in [0.15, 0.2) is 5.82 Å². The van der Waals surface area contributed by atoms with E-state index >= 15 is 0 Å². The van der Waals surface area contributed by atoms with E-state index in [4.69, 9.17) is 27.6 Å². The standard InChI is InChI=1S/C11H9Cl2N3O/c1-7-2-3-9(17-7)6-15-16-11-10(13)4-8(12)5-14-11/h2-6H,1H3,(H,14,16)/b15-6+. The molecule has 0 fully saturated rings. The van der Waals surface area contributed by atoms with Crippen molar-refractivity contribution in [3.63, 3.8) is 0 Å². The topological polar surface area (TPSA) is 50.4 Å². The summed E-state index contributed by atoms with van der Waals surface area (Å²) in [6.45, 7) is 1.86. The first-order valence-electron chi connectivity index (χ1n) is 4.82. The Hall–Kier alpha value is -1.52. The van der Waals surface area contributed by atoms with Gasteiger partial charge >= 0.3 is 0 Å². The maximum Gasteiger partial charge on any atom is 0.165 e. The molecule has 0 aliphatic heterocycles. The molecule has 4 nitrogen and oxygen atoms in total. The van der Waals surface area contributed by atoms with Crippen molar-refractivity contribution in [2.24, 2.45) is 5.10 Å². The highest BCUT2D eigenvalue weighted by Crippen LogP contribution is 2.22. The van der Waals surface area contributed by atoms with Crippen molar-refractivity contribution in [2.75, 3.05) is 5.43 Å². The lowest BCUT2D eigenvalue weighted by molar-refractivity contribution is 0.528. The normalized spacial score (nSPS) is 11.0. The summed E-state index contributed by atoms with van der Waals surface area (Å²) in [5.41, 5.74) is 2.71. The van der Waals surface area contributed by atoms with Gasteiger partial charge in [0.2, 0.25) is 0 Å². The molecule has 6 heteroatoms. The summed E-state index contributed by atoms with van der Waals surface area (Å²) in [6, 6.07) is 5.26. The Kier molecular flexibility index (Phi) is 3.66. The molecule has 0 aromatic carbocycles. The van der Waals surface area contributed by atoms with E-state index in [0.29, 0.717) is 21.6 Å². The summed E-state index contributed by atoms with van der Waals surface area (Å²) in [5.74, 6) is 1.92. The molecule has 2 rings (SSSR count). The van der Waals surface area contributed by atoms with Crippen LogP contribution in [0.2, 0.25) is 10.0 Å². The van der Waals surface area contributed by atoms with Crippen LogP contribution in [-0.4, -0.2) is 11.2 Å². The minimum atomic E-state index is 0.408. The maximum absolute atomic E-state index is 5.91. The molecule has 2 aromatic rings. The van der Waals surface area contributed by atoms with Gasteiger partial charge in [-0.3, -0.25) is 5.43 Å². The van der Waals surface area contributed by atoms with Crippen LogP contribution in [0.3, 0.4) is 0 Å². The molecule has 0 radical (unpaired) electrons. The molecule has 17 heavy (non-hydrogen) atoms. The van der Waals surface area contributed by atoms with Gasteiger partial charge < -0.3 is 4.42 Å². The van der Waals surface area contributed by atoms with Gasteiger partial charge in [0.1, 0.15) is 11.5 Å². The Labute approximate surface area is 108 Å². The number of halogens is 2. The average molecular weight is 270 g/mol. The highest BCUT2D eigenvalue weighted by Gasteiger charge is 2.01. The molecular weight excluding hydrogens is 261 g/mol. The van der Waals surface area contributed by atoms with E-state index in [-0.39, 0.29) is 0 Å². The van der Waals surface area contributed by atoms with Crippen molar-refractivity contribution in [2.45, 2.75) is 6.92 Å². The van der Waals surface area contributed by atoms with Gasteiger partial charge in [-0.2, -0.15) is 5.10 Å². The first-order valence-corrected chi connectivity index (χ1v) is 5.57. The summed E-state index contributed by atoms with van der Waals surface area (Å²) >= 11 is 11.6. The fraction of sp³-hybridized carbons (Fsp3) is 0.0909. The third-order valence-corrected chi connectivity index (χ3v) is 2.43. The number of hydrazone groups is 1. The van der Waals surface area contributed by atoms with Crippen LogP contribution in [0.15, 0.2) is 33.9 Å². The molecule has 0 saturated carbocycles. The highest BCUT2D eigenvalue weighted by atomic mass is 35.5. The Morgan fingerprint density at radius 3 is 2.88 bits per heavy atom. The lowest BCUT2D eigenvalue weighted by Crippen LogP contribution is -1.93. The number of furan rings is 1. The van der Waals surface area contributed by atoms with Crippen LogP contribution in [0.5, 0.6) is 0 Å². The van der Waals surface area contributed by atoms with Crippen molar-refractivity contribution < 1.29 is 4.42 Å². The molecule has 1 N–H and O–H groups in total. The zero-order valence-electron chi connectivity index (χ0n) is 8.95. The number of nitrogens with zero attached hydrogens (tertiary/aromatic N) is 2. The molecule has 0 unspecified atom stereocenters. The van der Waals surface area contributed by atoms with Gasteiger partial charge in [0.05, 0.1) is 16.3 Å². The zero-order chi connectivity index (χ0) is 12.3. The average Bonchev–Trinajstić information content (AvgIpc) is 2.68. The van der Waals surface area contributed by atoms with Gasteiger partial charge in [-0.15, -0.1) is 0 Å². The quantitative estimate of drug-likeness (QED) is 0.682. The summed E-state index contributed by atoms with van der Waals surface area (Å²) in [5, 5.41) is 4.84. The lowest BCUT2D eigenvalue weighted by Gasteiger charge is -2.01. The Morgan fingerprint density at radius 1 is 1.41 bits per heavy atom. The van der Waals surface area contributed by atoms with Crippen LogP contribution >= 0.6 is 23.2 Å². The summed E-state index contributed by atoms with van der Waals surface area (Å²) in [6.07, 6.45) is 3.03. The monoisotopic (exact) mass is 269 g/mol. The maximum atomic E-state index is 5.91. The van der Waals surface area contributed by atoms with E-state index in [1.165, 1.54) is 6.20 Å². The van der Waals surface area contributed by atoms with Crippen LogP contribution < -0.4 is 5.43 Å². The van der Waals surface area contributed by atoms with Gasteiger partial charge in [0, 0.05) is 6.20 Å². The SMILES string of the molecule is Cc1ccc(/C=N/Nc2ncc(Cl)cc2Cl)o1. The molecule has 88 valence electrons. The van der Waals surface area contributed by atoms with Gasteiger partial charge in [-0.1, -0.05) is 23.2 Å². The molecule has 0 aliphatic carbocycles. The number of hydrogen-bond acceptors (Lipinski definition) is 4. The van der Waals surface area contributed by atoms with E-state index in [0.717, 1.165) is 5.76 Å². The van der Waals surface area contributed by atoms with E-state index in [9.17, 15) is 0 Å². The Morgan fingerprint density at radius 2 is 2.24 bits per heavy atom. The first kappa shape index (κ1) is 12.0. The van der Waals surface area contributed by atoms with Crippen molar-refractivity contribution in [1.82, 2.24) is 4.98 Å². The number of pyridine rings is 1. The molecule has 2 heterocycles. The number of anilines is 1. The number of aromatic nitrogens is 1. The molecule has 0 saturated heterocycles. The van der Waals surface area contributed by atoms with E-state index in [1.54, 1.807) is 12.3 Å². The summed E-state index contributed by atoms with van der Waals surface area (Å²) in [4.78, 5) is 3.99. The molecule has 0 spiro atoms. The summed E-state index contributed by atoms with van der Waals surface area (Å²) in [7, 11) is 0. The van der Waals surface area contributed by atoms with Crippen LogP contribution in [0.25, 0.3) is 0 Å². The number of nitrogens with one attached hydrogen (secondary N) is 1. The second-order valence-electron chi connectivity index (χ2n) is 3.30. The van der Waals surface area contributed by atoms with Crippen molar-refractivity contribution >= 4 is 35.2 Å². The number of rotatable bonds is 3. The van der Waals surface area contributed by atoms with Gasteiger partial charge in [0.25, 0.3) is 0 Å². The van der Waals surface area contributed by atoms with Crippen LogP contribution in [0.4, 0.5) is 5.82 Å². The van der Waals surface area contributed by atoms with Crippen molar-refractivity contribution in [1.29, 1.82) is 0 Å². The zero-order valence-corrected chi connectivity index (χ0v) is 10.5. The van der Waals surface area contributed by atoms with Crippen LogP contribution in [0.1, 0.15) is 11.5 Å². The third kappa shape index (κ3) is 3.22. The predicted molar refractivity (Wildman–Crippen MR) is 68.9 cm³/mol. The second kappa shape index (κ2) is 5.21. The summed E-state index contributed by atoms with van der Waals surface area (Å²) < 4.78 is 5.31. The van der Waals surface area contributed by atoms with Crippen LogP contribution in [-0.2, 0) is 0 Å². The van der Waals surface area contributed by atoms with Crippen molar-refractivity contribution in [3.8, 4) is 0 Å². The van der Waals surface area contributed by atoms with E-state index in [2.05, 4.69) is 15.5 Å².